The zero-order chi connectivity index (χ0) is 13.0. The van der Waals surface area contributed by atoms with E-state index in [2.05, 4.69) is 25.8 Å². The van der Waals surface area contributed by atoms with Crippen LogP contribution in [-0.4, -0.2) is 28.1 Å². The van der Waals surface area contributed by atoms with Gasteiger partial charge in [-0.1, -0.05) is 0 Å². The predicted molar refractivity (Wildman–Crippen MR) is 68.3 cm³/mol. The van der Waals surface area contributed by atoms with Gasteiger partial charge >= 0.3 is 0 Å². The van der Waals surface area contributed by atoms with Crippen LogP contribution in [0.2, 0.25) is 0 Å². The first-order valence-electron chi connectivity index (χ1n) is 5.61. The molecule has 0 radical (unpaired) electrons. The number of nitrogens with one attached hydrogen (secondary N) is 3. The molecule has 2 aromatic rings. The standard InChI is InChI=1S/C12H15N5O/c1-8-9(6-16-17-8)5-15-12(18)10-3-4-14-7-11(10)13-2/h3-4,6-7,13H,5H2,1-2H3,(H,15,18)(H,16,17). The van der Waals surface area contributed by atoms with E-state index in [4.69, 9.17) is 0 Å². The third-order valence-corrected chi connectivity index (χ3v) is 2.71. The van der Waals surface area contributed by atoms with E-state index in [1.165, 1.54) is 0 Å². The third kappa shape index (κ3) is 2.48. The number of aryl methyl sites for hydroxylation is 1. The van der Waals surface area contributed by atoms with Gasteiger partial charge in [-0.2, -0.15) is 5.10 Å². The lowest BCUT2D eigenvalue weighted by Crippen LogP contribution is -2.23. The van der Waals surface area contributed by atoms with Crippen molar-refractivity contribution >= 4 is 11.6 Å². The van der Waals surface area contributed by atoms with Crippen molar-refractivity contribution in [2.45, 2.75) is 13.5 Å². The molecule has 0 bridgehead atoms. The highest BCUT2D eigenvalue weighted by atomic mass is 16.1. The number of anilines is 1. The molecular formula is C12H15N5O. The van der Waals surface area contributed by atoms with E-state index in [0.29, 0.717) is 17.8 Å². The van der Waals surface area contributed by atoms with E-state index in [9.17, 15) is 4.79 Å². The first kappa shape index (κ1) is 12.1. The monoisotopic (exact) mass is 245 g/mol. The normalized spacial score (nSPS) is 10.1. The highest BCUT2D eigenvalue weighted by molar-refractivity contribution is 5.99. The minimum Gasteiger partial charge on any atom is -0.386 e. The second-order valence-electron chi connectivity index (χ2n) is 3.87. The largest absolute Gasteiger partial charge is 0.386 e. The molecule has 2 aromatic heterocycles. The van der Waals surface area contributed by atoms with E-state index >= 15 is 0 Å². The molecule has 0 saturated carbocycles. The minimum atomic E-state index is -0.137. The minimum absolute atomic E-state index is 0.137. The van der Waals surface area contributed by atoms with E-state index in [1.54, 1.807) is 31.7 Å². The summed E-state index contributed by atoms with van der Waals surface area (Å²) in [5.41, 5.74) is 3.22. The SMILES string of the molecule is CNc1cnccc1C(=O)NCc1cn[nH]c1C. The summed E-state index contributed by atoms with van der Waals surface area (Å²) in [5.74, 6) is -0.137. The van der Waals surface area contributed by atoms with Gasteiger partial charge in [0.2, 0.25) is 0 Å². The average molecular weight is 245 g/mol. The molecule has 0 aromatic carbocycles. The molecule has 3 N–H and O–H groups in total. The van der Waals surface area contributed by atoms with Gasteiger partial charge in [-0.3, -0.25) is 14.9 Å². The van der Waals surface area contributed by atoms with Crippen LogP contribution in [0.15, 0.2) is 24.7 Å². The van der Waals surface area contributed by atoms with E-state index < -0.39 is 0 Å². The summed E-state index contributed by atoms with van der Waals surface area (Å²) in [4.78, 5) is 16.0. The molecule has 94 valence electrons. The Labute approximate surface area is 105 Å². The van der Waals surface area contributed by atoms with Crippen LogP contribution >= 0.6 is 0 Å². The molecule has 18 heavy (non-hydrogen) atoms. The van der Waals surface area contributed by atoms with Gasteiger partial charge in [-0.25, -0.2) is 0 Å². The number of pyridine rings is 1. The van der Waals surface area contributed by atoms with Crippen LogP contribution in [0.5, 0.6) is 0 Å². The Balaban J connectivity index is 2.06. The fraction of sp³-hybridized carbons (Fsp3) is 0.250. The lowest BCUT2D eigenvalue weighted by atomic mass is 10.2. The van der Waals surface area contributed by atoms with E-state index in [0.717, 1.165) is 11.3 Å². The number of aromatic nitrogens is 3. The lowest BCUT2D eigenvalue weighted by molar-refractivity contribution is 0.0951. The van der Waals surface area contributed by atoms with Crippen molar-refractivity contribution in [2.75, 3.05) is 12.4 Å². The Hall–Kier alpha value is -2.37. The van der Waals surface area contributed by atoms with Crippen molar-refractivity contribution in [3.8, 4) is 0 Å². The maximum absolute atomic E-state index is 12.0. The number of aromatic amines is 1. The van der Waals surface area contributed by atoms with Gasteiger partial charge in [0, 0.05) is 31.0 Å². The van der Waals surface area contributed by atoms with E-state index in [1.807, 2.05) is 6.92 Å². The zero-order valence-electron chi connectivity index (χ0n) is 10.3. The van der Waals surface area contributed by atoms with Crippen LogP contribution in [0.1, 0.15) is 21.6 Å². The van der Waals surface area contributed by atoms with Crippen LogP contribution in [0, 0.1) is 6.92 Å². The van der Waals surface area contributed by atoms with Gasteiger partial charge in [0.1, 0.15) is 0 Å². The van der Waals surface area contributed by atoms with E-state index in [-0.39, 0.29) is 5.91 Å². The average Bonchev–Trinajstić information content (AvgIpc) is 2.81. The maximum Gasteiger partial charge on any atom is 0.253 e. The fourth-order valence-electron chi connectivity index (χ4n) is 1.62. The first-order valence-corrected chi connectivity index (χ1v) is 5.61. The van der Waals surface area contributed by atoms with Crippen LogP contribution < -0.4 is 10.6 Å². The molecule has 0 spiro atoms. The molecule has 6 heteroatoms. The molecule has 0 aliphatic carbocycles. The lowest BCUT2D eigenvalue weighted by Gasteiger charge is -2.08. The van der Waals surface area contributed by atoms with Crippen molar-refractivity contribution < 1.29 is 4.79 Å². The molecule has 0 aliphatic rings. The summed E-state index contributed by atoms with van der Waals surface area (Å²) >= 11 is 0. The number of rotatable bonds is 4. The topological polar surface area (TPSA) is 82.7 Å². The number of hydrogen-bond acceptors (Lipinski definition) is 4. The molecular weight excluding hydrogens is 230 g/mol. The number of nitrogens with zero attached hydrogens (tertiary/aromatic N) is 2. The molecule has 6 nitrogen and oxygen atoms in total. The highest BCUT2D eigenvalue weighted by Gasteiger charge is 2.10. The number of carbonyl (C=O) groups excluding carboxylic acids is 1. The zero-order valence-corrected chi connectivity index (χ0v) is 10.3. The molecule has 2 heterocycles. The molecule has 0 aliphatic heterocycles. The number of amides is 1. The molecule has 0 atom stereocenters. The number of carbonyl (C=O) groups is 1. The maximum atomic E-state index is 12.0. The van der Waals surface area contributed by atoms with Crippen molar-refractivity contribution in [3.63, 3.8) is 0 Å². The van der Waals surface area contributed by atoms with Gasteiger partial charge in [-0.05, 0) is 13.0 Å². The molecule has 1 amide bonds. The summed E-state index contributed by atoms with van der Waals surface area (Å²) in [6.45, 7) is 2.37. The predicted octanol–water partition coefficient (Wildman–Crippen LogP) is 1.08. The second-order valence-corrected chi connectivity index (χ2v) is 3.87. The second kappa shape index (κ2) is 5.31. The summed E-state index contributed by atoms with van der Waals surface area (Å²) in [6.07, 6.45) is 4.93. The van der Waals surface area contributed by atoms with Crippen molar-refractivity contribution in [2.24, 2.45) is 0 Å². The van der Waals surface area contributed by atoms with Crippen LogP contribution in [-0.2, 0) is 6.54 Å². The Morgan fingerprint density at radius 3 is 2.94 bits per heavy atom. The molecule has 0 unspecified atom stereocenters. The van der Waals surface area contributed by atoms with Crippen LogP contribution in [0.3, 0.4) is 0 Å². The molecule has 0 fully saturated rings. The van der Waals surface area contributed by atoms with Crippen LogP contribution in [0.4, 0.5) is 5.69 Å². The summed E-state index contributed by atoms with van der Waals surface area (Å²) in [6, 6.07) is 1.68. The Kier molecular flexibility index (Phi) is 3.57. The van der Waals surface area contributed by atoms with Gasteiger partial charge < -0.3 is 10.6 Å². The van der Waals surface area contributed by atoms with Crippen molar-refractivity contribution in [3.05, 3.63) is 41.5 Å². The quantitative estimate of drug-likeness (QED) is 0.753. The number of hydrogen-bond donors (Lipinski definition) is 3. The fourth-order valence-corrected chi connectivity index (χ4v) is 1.62. The van der Waals surface area contributed by atoms with Gasteiger partial charge in [-0.15, -0.1) is 0 Å². The Morgan fingerprint density at radius 1 is 1.44 bits per heavy atom. The molecule has 0 saturated heterocycles. The smallest absolute Gasteiger partial charge is 0.253 e. The van der Waals surface area contributed by atoms with Crippen LogP contribution in [0.25, 0.3) is 0 Å². The summed E-state index contributed by atoms with van der Waals surface area (Å²) in [7, 11) is 1.76. The summed E-state index contributed by atoms with van der Waals surface area (Å²) < 4.78 is 0. The Morgan fingerprint density at radius 2 is 2.28 bits per heavy atom. The molecule has 2 rings (SSSR count). The third-order valence-electron chi connectivity index (χ3n) is 2.71. The number of H-pyrrole nitrogens is 1. The van der Waals surface area contributed by atoms with Crippen molar-refractivity contribution in [1.82, 2.24) is 20.5 Å². The highest BCUT2D eigenvalue weighted by Crippen LogP contribution is 2.12. The van der Waals surface area contributed by atoms with Gasteiger partial charge in [0.15, 0.2) is 0 Å². The Bertz CT molecular complexity index is 549. The summed E-state index contributed by atoms with van der Waals surface area (Å²) in [5, 5.41) is 12.5. The van der Waals surface area contributed by atoms with Gasteiger partial charge in [0.05, 0.1) is 23.6 Å². The van der Waals surface area contributed by atoms with Crippen molar-refractivity contribution in [1.29, 1.82) is 0 Å². The van der Waals surface area contributed by atoms with Gasteiger partial charge in [0.25, 0.3) is 5.91 Å². The first-order chi connectivity index (χ1) is 8.72.